The van der Waals surface area contributed by atoms with E-state index in [1.807, 2.05) is 0 Å². The average Bonchev–Trinajstić information content (AvgIpc) is 2.75. The maximum Gasteiger partial charge on any atom is 0.315 e. The molecule has 2 aromatic rings. The monoisotopic (exact) mass is 246 g/mol. The van der Waals surface area contributed by atoms with Crippen molar-refractivity contribution in [2.24, 2.45) is 5.73 Å². The molecule has 0 atom stereocenters. The van der Waals surface area contributed by atoms with Gasteiger partial charge in [0.25, 0.3) is 0 Å². The van der Waals surface area contributed by atoms with Crippen LogP contribution in [0.15, 0.2) is 16.5 Å². The second-order valence-corrected chi connectivity index (χ2v) is 4.44. The maximum absolute atomic E-state index is 5.41. The van der Waals surface area contributed by atoms with E-state index in [1.165, 1.54) is 22.3 Å². The fraction of sp³-hybridized carbons (Fsp3) is 0.385. The summed E-state index contributed by atoms with van der Waals surface area (Å²) in [5.74, 6) is 0.440. The molecule has 1 aromatic heterocycles. The van der Waals surface area contributed by atoms with Gasteiger partial charge in [-0.25, -0.2) is 0 Å². The van der Waals surface area contributed by atoms with E-state index in [0.29, 0.717) is 18.5 Å². The van der Waals surface area contributed by atoms with E-state index in [2.05, 4.69) is 48.4 Å². The van der Waals surface area contributed by atoms with E-state index in [0.717, 1.165) is 0 Å². The summed E-state index contributed by atoms with van der Waals surface area (Å²) in [5.41, 5.74) is 10.5. The van der Waals surface area contributed by atoms with E-state index < -0.39 is 0 Å². The summed E-state index contributed by atoms with van der Waals surface area (Å²) in [6.07, 6.45) is 0. The first kappa shape index (κ1) is 12.6. The second kappa shape index (κ2) is 5.18. The Hall–Kier alpha value is -1.88. The van der Waals surface area contributed by atoms with Crippen LogP contribution >= 0.6 is 0 Å². The molecule has 0 saturated carbocycles. The van der Waals surface area contributed by atoms with Gasteiger partial charge >= 0.3 is 6.01 Å². The number of aryl methyl sites for hydroxylation is 3. The molecule has 0 aliphatic heterocycles. The minimum absolute atomic E-state index is 0.261. The van der Waals surface area contributed by atoms with Gasteiger partial charge in [-0.15, -0.1) is 5.10 Å². The van der Waals surface area contributed by atoms with E-state index in [-0.39, 0.29) is 6.54 Å². The van der Waals surface area contributed by atoms with Gasteiger partial charge in [0.2, 0.25) is 5.89 Å². The highest BCUT2D eigenvalue weighted by atomic mass is 16.4. The Balaban J connectivity index is 2.10. The predicted octanol–water partition coefficient (Wildman–Crippen LogP) is 2.07. The average molecular weight is 246 g/mol. The molecule has 5 nitrogen and oxygen atoms in total. The first-order valence-corrected chi connectivity index (χ1v) is 5.93. The highest BCUT2D eigenvalue weighted by molar-refractivity contribution is 5.39. The van der Waals surface area contributed by atoms with Crippen LogP contribution in [0, 0.1) is 20.8 Å². The molecule has 0 aliphatic carbocycles. The first-order chi connectivity index (χ1) is 8.60. The number of hydrogen-bond donors (Lipinski definition) is 2. The summed E-state index contributed by atoms with van der Waals surface area (Å²) >= 11 is 0. The van der Waals surface area contributed by atoms with Crippen LogP contribution in [0.5, 0.6) is 0 Å². The zero-order chi connectivity index (χ0) is 13.1. The molecule has 96 valence electrons. The summed E-state index contributed by atoms with van der Waals surface area (Å²) < 4.78 is 5.30. The van der Waals surface area contributed by atoms with E-state index in [9.17, 15) is 0 Å². The van der Waals surface area contributed by atoms with Gasteiger partial charge in [-0.3, -0.25) is 0 Å². The standard InChI is InChI=1S/C13H18N4O/c1-8-4-9(2)11(10(3)5-8)7-15-13-17-16-12(6-14)18-13/h4-5H,6-7,14H2,1-3H3,(H,15,17). The van der Waals surface area contributed by atoms with E-state index in [4.69, 9.17) is 10.2 Å². The third-order valence-electron chi connectivity index (χ3n) is 2.90. The lowest BCUT2D eigenvalue weighted by Gasteiger charge is -2.11. The molecule has 0 fully saturated rings. The number of nitrogens with one attached hydrogen (secondary N) is 1. The molecular formula is C13H18N4O. The third kappa shape index (κ3) is 2.68. The van der Waals surface area contributed by atoms with Crippen molar-refractivity contribution in [3.63, 3.8) is 0 Å². The van der Waals surface area contributed by atoms with Crippen LogP contribution in [0.3, 0.4) is 0 Å². The lowest BCUT2D eigenvalue weighted by atomic mass is 10.00. The van der Waals surface area contributed by atoms with Gasteiger partial charge in [-0.2, -0.15) is 0 Å². The molecule has 0 amide bonds. The smallest absolute Gasteiger partial charge is 0.315 e. The molecular weight excluding hydrogens is 228 g/mol. The Morgan fingerprint density at radius 3 is 2.39 bits per heavy atom. The van der Waals surface area contributed by atoms with Crippen LogP contribution in [-0.2, 0) is 13.1 Å². The number of nitrogens with two attached hydrogens (primary N) is 1. The number of benzene rings is 1. The fourth-order valence-electron chi connectivity index (χ4n) is 2.06. The molecule has 0 saturated heterocycles. The Bertz CT molecular complexity index is 525. The number of hydrogen-bond acceptors (Lipinski definition) is 5. The summed E-state index contributed by atoms with van der Waals surface area (Å²) in [4.78, 5) is 0. The second-order valence-electron chi connectivity index (χ2n) is 4.44. The Morgan fingerprint density at radius 1 is 1.17 bits per heavy atom. The summed E-state index contributed by atoms with van der Waals surface area (Å²) in [5, 5.41) is 10.8. The van der Waals surface area contributed by atoms with Crippen molar-refractivity contribution in [3.05, 3.63) is 40.3 Å². The lowest BCUT2D eigenvalue weighted by Crippen LogP contribution is -2.04. The Labute approximate surface area is 106 Å². The molecule has 3 N–H and O–H groups in total. The quantitative estimate of drug-likeness (QED) is 0.863. The number of rotatable bonds is 4. The molecule has 0 spiro atoms. The minimum atomic E-state index is 0.261. The fourth-order valence-corrected chi connectivity index (χ4v) is 2.06. The van der Waals surface area contributed by atoms with Crippen molar-refractivity contribution in [1.29, 1.82) is 0 Å². The number of anilines is 1. The van der Waals surface area contributed by atoms with Gasteiger partial charge in [0, 0.05) is 6.54 Å². The van der Waals surface area contributed by atoms with Gasteiger partial charge in [-0.05, 0) is 37.5 Å². The summed E-state index contributed by atoms with van der Waals surface area (Å²) in [6.45, 7) is 7.25. The van der Waals surface area contributed by atoms with E-state index in [1.54, 1.807) is 0 Å². The third-order valence-corrected chi connectivity index (χ3v) is 2.90. The van der Waals surface area contributed by atoms with Crippen LogP contribution in [-0.4, -0.2) is 10.2 Å². The molecule has 1 heterocycles. The predicted molar refractivity (Wildman–Crippen MR) is 70.2 cm³/mol. The summed E-state index contributed by atoms with van der Waals surface area (Å²) in [7, 11) is 0. The topological polar surface area (TPSA) is 77.0 Å². The molecule has 0 aliphatic rings. The van der Waals surface area contributed by atoms with Gasteiger partial charge in [0.15, 0.2) is 0 Å². The van der Waals surface area contributed by atoms with Gasteiger partial charge < -0.3 is 15.5 Å². The van der Waals surface area contributed by atoms with Crippen LogP contribution in [0.2, 0.25) is 0 Å². The van der Waals surface area contributed by atoms with Crippen LogP contribution in [0.1, 0.15) is 28.1 Å². The first-order valence-electron chi connectivity index (χ1n) is 5.93. The van der Waals surface area contributed by atoms with Crippen LogP contribution < -0.4 is 11.1 Å². The minimum Gasteiger partial charge on any atom is -0.407 e. The van der Waals surface area contributed by atoms with Gasteiger partial charge in [0.05, 0.1) is 6.54 Å². The largest absolute Gasteiger partial charge is 0.407 e. The lowest BCUT2D eigenvalue weighted by molar-refractivity contribution is 0.507. The molecule has 18 heavy (non-hydrogen) atoms. The van der Waals surface area contributed by atoms with Gasteiger partial charge in [-0.1, -0.05) is 22.8 Å². The van der Waals surface area contributed by atoms with Crippen molar-refractivity contribution >= 4 is 6.01 Å². The SMILES string of the molecule is Cc1cc(C)c(CNc2nnc(CN)o2)c(C)c1. The molecule has 1 aromatic carbocycles. The normalized spacial score (nSPS) is 10.7. The van der Waals surface area contributed by atoms with Crippen molar-refractivity contribution in [2.45, 2.75) is 33.9 Å². The molecule has 5 heteroatoms. The zero-order valence-corrected chi connectivity index (χ0v) is 10.9. The van der Waals surface area contributed by atoms with Crippen molar-refractivity contribution in [1.82, 2.24) is 10.2 Å². The number of nitrogens with zero attached hydrogens (tertiary/aromatic N) is 2. The van der Waals surface area contributed by atoms with Gasteiger partial charge in [0.1, 0.15) is 0 Å². The Morgan fingerprint density at radius 2 is 1.83 bits per heavy atom. The summed E-state index contributed by atoms with van der Waals surface area (Å²) in [6, 6.07) is 4.75. The molecule has 0 unspecified atom stereocenters. The molecule has 0 radical (unpaired) electrons. The van der Waals surface area contributed by atoms with Crippen molar-refractivity contribution in [3.8, 4) is 0 Å². The highest BCUT2D eigenvalue weighted by Gasteiger charge is 2.07. The van der Waals surface area contributed by atoms with E-state index >= 15 is 0 Å². The van der Waals surface area contributed by atoms with Crippen LogP contribution in [0.4, 0.5) is 6.01 Å². The van der Waals surface area contributed by atoms with Crippen molar-refractivity contribution in [2.75, 3.05) is 5.32 Å². The molecule has 2 rings (SSSR count). The van der Waals surface area contributed by atoms with Crippen LogP contribution in [0.25, 0.3) is 0 Å². The maximum atomic E-state index is 5.41. The Kier molecular flexibility index (Phi) is 3.62. The number of aromatic nitrogens is 2. The highest BCUT2D eigenvalue weighted by Crippen LogP contribution is 2.17. The zero-order valence-electron chi connectivity index (χ0n) is 10.9. The molecule has 0 bridgehead atoms. The van der Waals surface area contributed by atoms with Crippen molar-refractivity contribution < 1.29 is 4.42 Å².